The summed E-state index contributed by atoms with van der Waals surface area (Å²) in [6.07, 6.45) is -1.05. The predicted molar refractivity (Wildman–Crippen MR) is 41.2 cm³/mol. The lowest BCUT2D eigenvalue weighted by Crippen LogP contribution is -2.37. The van der Waals surface area contributed by atoms with Gasteiger partial charge in [0.25, 0.3) is 0 Å². The fraction of sp³-hybridized carbons (Fsp3) is 0.857. The van der Waals surface area contributed by atoms with Gasteiger partial charge in [0.15, 0.2) is 0 Å². The summed E-state index contributed by atoms with van der Waals surface area (Å²) in [4.78, 5) is 15.5. The van der Waals surface area contributed by atoms with Crippen LogP contribution in [-0.4, -0.2) is 28.4 Å². The molecule has 66 valence electrons. The van der Waals surface area contributed by atoms with Gasteiger partial charge in [-0.25, -0.2) is 4.79 Å². The molecule has 1 amide bonds. The quantitative estimate of drug-likeness (QED) is 0.627. The number of rotatable bonds is 2. The average molecular weight is 161 g/mol. The molecule has 0 spiro atoms. The lowest BCUT2D eigenvalue weighted by molar-refractivity contribution is -0.200. The Hall–Kier alpha value is -0.770. The summed E-state index contributed by atoms with van der Waals surface area (Å²) < 4.78 is 0. The van der Waals surface area contributed by atoms with Gasteiger partial charge < -0.3 is 5.11 Å². The van der Waals surface area contributed by atoms with Crippen molar-refractivity contribution in [2.75, 3.05) is 6.54 Å². The Morgan fingerprint density at radius 3 is 2.09 bits per heavy atom. The van der Waals surface area contributed by atoms with Crippen LogP contribution in [0.25, 0.3) is 0 Å². The summed E-state index contributed by atoms with van der Waals surface area (Å²) in [6, 6.07) is 0. The Balaban J connectivity index is 3.99. The summed E-state index contributed by atoms with van der Waals surface area (Å²) in [5.74, 6) is 0. The van der Waals surface area contributed by atoms with Crippen LogP contribution in [0.1, 0.15) is 27.7 Å². The number of nitrogens with zero attached hydrogens (tertiary/aromatic N) is 1. The van der Waals surface area contributed by atoms with Gasteiger partial charge in [0.05, 0.1) is 5.60 Å². The number of carboxylic acid groups (broad SMARTS) is 1. The van der Waals surface area contributed by atoms with Crippen LogP contribution >= 0.6 is 0 Å². The van der Waals surface area contributed by atoms with Gasteiger partial charge in [-0.2, -0.15) is 5.06 Å². The smallest absolute Gasteiger partial charge is 0.431 e. The third-order valence-corrected chi connectivity index (χ3v) is 0.885. The lowest BCUT2D eigenvalue weighted by Gasteiger charge is -2.26. The maximum absolute atomic E-state index is 10.4. The molecule has 0 saturated heterocycles. The third-order valence-electron chi connectivity index (χ3n) is 0.885. The number of amides is 1. The average Bonchev–Trinajstić information content (AvgIpc) is 1.80. The standard InChI is InChI=1S/C7H15NO3/c1-5-8(6(9)10)11-7(2,3)4/h5H2,1-4H3,(H,9,10). The molecule has 0 saturated carbocycles. The minimum atomic E-state index is -1.05. The number of hydrogen-bond donors (Lipinski definition) is 1. The predicted octanol–water partition coefficient (Wildman–Crippen LogP) is 1.72. The number of hydroxylamine groups is 2. The van der Waals surface area contributed by atoms with Crippen LogP contribution in [0, 0.1) is 0 Å². The third kappa shape index (κ3) is 4.61. The van der Waals surface area contributed by atoms with Crippen LogP contribution in [0.15, 0.2) is 0 Å². The first-order valence-corrected chi connectivity index (χ1v) is 3.56. The monoisotopic (exact) mass is 161 g/mol. The molecular formula is C7H15NO3. The molecule has 0 aromatic heterocycles. The summed E-state index contributed by atoms with van der Waals surface area (Å²) in [5, 5.41) is 9.45. The van der Waals surface area contributed by atoms with E-state index in [4.69, 9.17) is 9.94 Å². The van der Waals surface area contributed by atoms with Crippen LogP contribution in [0.5, 0.6) is 0 Å². The van der Waals surface area contributed by atoms with Crippen LogP contribution in [0.2, 0.25) is 0 Å². The van der Waals surface area contributed by atoms with Gasteiger partial charge in [0.2, 0.25) is 0 Å². The summed E-state index contributed by atoms with van der Waals surface area (Å²) in [7, 11) is 0. The van der Waals surface area contributed by atoms with Crippen molar-refractivity contribution in [2.45, 2.75) is 33.3 Å². The molecule has 0 aliphatic heterocycles. The van der Waals surface area contributed by atoms with Gasteiger partial charge in [0, 0.05) is 6.54 Å². The van der Waals surface area contributed by atoms with E-state index in [0.29, 0.717) is 6.54 Å². The maximum Gasteiger partial charge on any atom is 0.431 e. The van der Waals surface area contributed by atoms with Crippen molar-refractivity contribution in [3.8, 4) is 0 Å². The van der Waals surface area contributed by atoms with Crippen molar-refractivity contribution in [3.05, 3.63) is 0 Å². The van der Waals surface area contributed by atoms with E-state index in [1.165, 1.54) is 0 Å². The molecule has 0 rings (SSSR count). The molecule has 0 bridgehead atoms. The van der Waals surface area contributed by atoms with Crippen LogP contribution < -0.4 is 0 Å². The van der Waals surface area contributed by atoms with E-state index >= 15 is 0 Å². The minimum absolute atomic E-state index is 0.340. The topological polar surface area (TPSA) is 49.8 Å². The fourth-order valence-electron chi connectivity index (χ4n) is 0.569. The summed E-state index contributed by atoms with van der Waals surface area (Å²) >= 11 is 0. The molecule has 0 aliphatic carbocycles. The molecule has 4 heteroatoms. The molecule has 1 N–H and O–H groups in total. The van der Waals surface area contributed by atoms with Crippen molar-refractivity contribution < 1.29 is 14.7 Å². The molecule has 0 heterocycles. The van der Waals surface area contributed by atoms with Crippen molar-refractivity contribution in [2.24, 2.45) is 0 Å². The highest BCUT2D eigenvalue weighted by molar-refractivity contribution is 5.63. The zero-order valence-corrected chi connectivity index (χ0v) is 7.42. The lowest BCUT2D eigenvalue weighted by atomic mass is 10.2. The Morgan fingerprint density at radius 1 is 1.55 bits per heavy atom. The molecule has 0 fully saturated rings. The van der Waals surface area contributed by atoms with Gasteiger partial charge in [-0.05, 0) is 27.7 Å². The minimum Gasteiger partial charge on any atom is -0.463 e. The second-order valence-corrected chi connectivity index (χ2v) is 3.18. The van der Waals surface area contributed by atoms with Crippen LogP contribution in [-0.2, 0) is 4.84 Å². The van der Waals surface area contributed by atoms with Crippen LogP contribution in [0.4, 0.5) is 4.79 Å². The van der Waals surface area contributed by atoms with E-state index in [-0.39, 0.29) is 0 Å². The van der Waals surface area contributed by atoms with Gasteiger partial charge >= 0.3 is 6.09 Å². The highest BCUT2D eigenvalue weighted by Gasteiger charge is 2.19. The highest BCUT2D eigenvalue weighted by atomic mass is 16.7. The van der Waals surface area contributed by atoms with E-state index < -0.39 is 11.7 Å². The molecule has 0 aromatic carbocycles. The van der Waals surface area contributed by atoms with E-state index in [2.05, 4.69) is 0 Å². The fourth-order valence-corrected chi connectivity index (χ4v) is 0.569. The number of hydrogen-bond acceptors (Lipinski definition) is 2. The van der Waals surface area contributed by atoms with Crippen LogP contribution in [0.3, 0.4) is 0 Å². The van der Waals surface area contributed by atoms with Crippen molar-refractivity contribution >= 4 is 6.09 Å². The summed E-state index contributed by atoms with van der Waals surface area (Å²) in [6.45, 7) is 7.47. The van der Waals surface area contributed by atoms with Gasteiger partial charge in [-0.15, -0.1) is 0 Å². The molecule has 0 aliphatic rings. The molecule has 0 unspecified atom stereocenters. The second-order valence-electron chi connectivity index (χ2n) is 3.18. The Labute approximate surface area is 66.7 Å². The summed E-state index contributed by atoms with van der Waals surface area (Å²) in [5.41, 5.74) is -0.450. The molecule has 4 nitrogen and oxygen atoms in total. The van der Waals surface area contributed by atoms with E-state index in [1.54, 1.807) is 27.7 Å². The Bertz CT molecular complexity index is 139. The molecular weight excluding hydrogens is 146 g/mol. The molecule has 0 radical (unpaired) electrons. The largest absolute Gasteiger partial charge is 0.463 e. The van der Waals surface area contributed by atoms with E-state index in [9.17, 15) is 4.79 Å². The maximum atomic E-state index is 10.4. The first kappa shape index (κ1) is 10.2. The molecule has 0 aromatic rings. The SMILES string of the molecule is CCN(OC(C)(C)C)C(=O)O. The van der Waals surface area contributed by atoms with Gasteiger partial charge in [-0.3, -0.25) is 4.84 Å². The van der Waals surface area contributed by atoms with E-state index in [1.807, 2.05) is 0 Å². The van der Waals surface area contributed by atoms with Gasteiger partial charge in [0.1, 0.15) is 0 Å². The Morgan fingerprint density at radius 2 is 2.00 bits per heavy atom. The highest BCUT2D eigenvalue weighted by Crippen LogP contribution is 2.09. The van der Waals surface area contributed by atoms with Crippen molar-refractivity contribution in [1.82, 2.24) is 5.06 Å². The second kappa shape index (κ2) is 3.57. The number of carbonyl (C=O) groups is 1. The zero-order valence-electron chi connectivity index (χ0n) is 7.42. The van der Waals surface area contributed by atoms with Crippen molar-refractivity contribution in [1.29, 1.82) is 0 Å². The zero-order chi connectivity index (χ0) is 9.07. The van der Waals surface area contributed by atoms with E-state index in [0.717, 1.165) is 5.06 Å². The first-order chi connectivity index (χ1) is 4.87. The normalized spacial score (nSPS) is 11.3. The van der Waals surface area contributed by atoms with Crippen molar-refractivity contribution in [3.63, 3.8) is 0 Å². The molecule has 11 heavy (non-hydrogen) atoms. The molecule has 0 atom stereocenters. The van der Waals surface area contributed by atoms with Gasteiger partial charge in [-0.1, -0.05) is 0 Å². The first-order valence-electron chi connectivity index (χ1n) is 3.56. The Kier molecular flexibility index (Phi) is 3.32.